The van der Waals surface area contributed by atoms with Gasteiger partial charge in [0, 0.05) is 11.5 Å². The second-order valence-electron chi connectivity index (χ2n) is 4.48. The van der Waals surface area contributed by atoms with Gasteiger partial charge in [-0.2, -0.15) is 9.61 Å². The predicted molar refractivity (Wildman–Crippen MR) is 67.7 cm³/mol. The van der Waals surface area contributed by atoms with Gasteiger partial charge in [0.1, 0.15) is 10.8 Å². The molecule has 1 aliphatic rings. The first kappa shape index (κ1) is 10.0. The van der Waals surface area contributed by atoms with Gasteiger partial charge < -0.3 is 5.11 Å². The van der Waals surface area contributed by atoms with E-state index in [0.29, 0.717) is 5.92 Å². The molecule has 0 aliphatic heterocycles. The molecule has 2 aromatic heterocycles. The number of aromatic hydroxyl groups is 1. The van der Waals surface area contributed by atoms with Gasteiger partial charge in [-0.05, 0) is 25.0 Å². The van der Waals surface area contributed by atoms with E-state index in [-0.39, 0.29) is 5.75 Å². The maximum Gasteiger partial charge on any atom is 0.234 e. The molecular weight excluding hydrogens is 248 g/mol. The van der Waals surface area contributed by atoms with E-state index in [0.717, 1.165) is 21.4 Å². The fourth-order valence-electron chi connectivity index (χ4n) is 1.98. The van der Waals surface area contributed by atoms with Crippen molar-refractivity contribution in [3.8, 4) is 16.3 Å². The van der Waals surface area contributed by atoms with Crippen molar-refractivity contribution in [2.45, 2.75) is 18.8 Å². The molecule has 2 heterocycles. The Morgan fingerprint density at radius 3 is 2.94 bits per heavy atom. The van der Waals surface area contributed by atoms with Gasteiger partial charge in [-0.15, -0.1) is 10.2 Å². The number of aromatic nitrogens is 4. The zero-order valence-corrected chi connectivity index (χ0v) is 10.3. The Morgan fingerprint density at radius 1 is 1.28 bits per heavy atom. The van der Waals surface area contributed by atoms with Gasteiger partial charge in [0.15, 0.2) is 5.82 Å². The van der Waals surface area contributed by atoms with Crippen molar-refractivity contribution in [1.29, 1.82) is 0 Å². The monoisotopic (exact) mass is 258 g/mol. The molecule has 0 spiro atoms. The molecule has 4 rings (SSSR count). The number of hydrogen-bond acceptors (Lipinski definition) is 5. The third-order valence-corrected chi connectivity index (χ3v) is 4.00. The van der Waals surface area contributed by atoms with Gasteiger partial charge in [0.25, 0.3) is 0 Å². The van der Waals surface area contributed by atoms with E-state index in [4.69, 9.17) is 0 Å². The first-order chi connectivity index (χ1) is 8.81. The van der Waals surface area contributed by atoms with Gasteiger partial charge in [0.2, 0.25) is 4.96 Å². The molecule has 0 radical (unpaired) electrons. The van der Waals surface area contributed by atoms with Crippen LogP contribution in [0.3, 0.4) is 0 Å². The third kappa shape index (κ3) is 1.49. The molecule has 1 saturated carbocycles. The van der Waals surface area contributed by atoms with Crippen molar-refractivity contribution in [3.05, 3.63) is 30.1 Å². The Balaban J connectivity index is 1.86. The van der Waals surface area contributed by atoms with Crippen LogP contribution >= 0.6 is 11.3 Å². The highest BCUT2D eigenvalue weighted by molar-refractivity contribution is 7.19. The summed E-state index contributed by atoms with van der Waals surface area (Å²) < 4.78 is 1.84. The smallest absolute Gasteiger partial charge is 0.234 e. The molecule has 1 aromatic carbocycles. The lowest BCUT2D eigenvalue weighted by molar-refractivity contribution is 0.475. The van der Waals surface area contributed by atoms with Gasteiger partial charge in [0.05, 0.1) is 0 Å². The predicted octanol–water partition coefficient (Wildman–Crippen LogP) is 2.44. The fraction of sp³-hybridized carbons (Fsp3) is 0.250. The van der Waals surface area contributed by atoms with Crippen LogP contribution in [0, 0.1) is 0 Å². The minimum atomic E-state index is 0.251. The van der Waals surface area contributed by atoms with Gasteiger partial charge in [-0.25, -0.2) is 0 Å². The number of phenolic OH excluding ortho intramolecular Hbond substituents is 1. The Hall–Kier alpha value is -1.95. The van der Waals surface area contributed by atoms with Crippen molar-refractivity contribution >= 4 is 16.3 Å². The van der Waals surface area contributed by atoms with Crippen LogP contribution < -0.4 is 0 Å². The molecule has 0 unspecified atom stereocenters. The number of fused-ring (bicyclic) bond motifs is 1. The van der Waals surface area contributed by atoms with Gasteiger partial charge >= 0.3 is 0 Å². The maximum atomic E-state index is 9.49. The first-order valence-electron chi connectivity index (χ1n) is 5.83. The average molecular weight is 258 g/mol. The third-order valence-electron chi connectivity index (χ3n) is 3.05. The molecule has 90 valence electrons. The second kappa shape index (κ2) is 3.52. The summed E-state index contributed by atoms with van der Waals surface area (Å²) >= 11 is 1.49. The van der Waals surface area contributed by atoms with Crippen LogP contribution in [-0.2, 0) is 0 Å². The van der Waals surface area contributed by atoms with Gasteiger partial charge in [-0.3, -0.25) is 0 Å². The highest BCUT2D eigenvalue weighted by Crippen LogP contribution is 2.39. The van der Waals surface area contributed by atoms with E-state index in [9.17, 15) is 5.11 Å². The van der Waals surface area contributed by atoms with E-state index in [2.05, 4.69) is 15.3 Å². The summed E-state index contributed by atoms with van der Waals surface area (Å²) in [7, 11) is 0. The summed E-state index contributed by atoms with van der Waals surface area (Å²) in [6, 6.07) is 7.11. The molecule has 0 saturated heterocycles. The largest absolute Gasteiger partial charge is 0.508 e. The number of nitrogens with zero attached hydrogens (tertiary/aromatic N) is 4. The van der Waals surface area contributed by atoms with Crippen molar-refractivity contribution in [2.24, 2.45) is 0 Å². The summed E-state index contributed by atoms with van der Waals surface area (Å²) in [6.07, 6.45) is 2.36. The normalized spacial score (nSPS) is 15.3. The topological polar surface area (TPSA) is 63.3 Å². The Bertz CT molecular complexity index is 729. The molecule has 3 aromatic rings. The van der Waals surface area contributed by atoms with Crippen LogP contribution in [0.1, 0.15) is 24.6 Å². The Kier molecular flexibility index (Phi) is 1.96. The number of phenols is 1. The highest BCUT2D eigenvalue weighted by Gasteiger charge is 2.30. The average Bonchev–Trinajstić information content (AvgIpc) is 2.99. The zero-order valence-electron chi connectivity index (χ0n) is 9.45. The van der Waals surface area contributed by atoms with E-state index in [1.54, 1.807) is 12.1 Å². The number of benzene rings is 1. The van der Waals surface area contributed by atoms with Crippen molar-refractivity contribution < 1.29 is 5.11 Å². The van der Waals surface area contributed by atoms with Crippen molar-refractivity contribution in [2.75, 3.05) is 0 Å². The minimum absolute atomic E-state index is 0.251. The summed E-state index contributed by atoms with van der Waals surface area (Å²) in [5.41, 5.74) is 0.909. The van der Waals surface area contributed by atoms with Gasteiger partial charge in [-0.1, -0.05) is 23.5 Å². The van der Waals surface area contributed by atoms with Crippen molar-refractivity contribution in [3.63, 3.8) is 0 Å². The number of hydrogen-bond donors (Lipinski definition) is 1. The molecule has 0 amide bonds. The Morgan fingerprint density at radius 2 is 2.17 bits per heavy atom. The van der Waals surface area contributed by atoms with Crippen LogP contribution in [-0.4, -0.2) is 24.9 Å². The van der Waals surface area contributed by atoms with E-state index in [1.807, 2.05) is 16.6 Å². The van der Waals surface area contributed by atoms with E-state index < -0.39 is 0 Å². The molecule has 0 bridgehead atoms. The molecule has 6 heteroatoms. The molecule has 0 atom stereocenters. The molecule has 18 heavy (non-hydrogen) atoms. The minimum Gasteiger partial charge on any atom is -0.508 e. The summed E-state index contributed by atoms with van der Waals surface area (Å²) in [4.78, 5) is 0.815. The van der Waals surface area contributed by atoms with E-state index in [1.165, 1.54) is 24.2 Å². The lowest BCUT2D eigenvalue weighted by Crippen LogP contribution is -1.93. The van der Waals surface area contributed by atoms with Crippen molar-refractivity contribution in [1.82, 2.24) is 19.8 Å². The van der Waals surface area contributed by atoms with Crippen LogP contribution in [0.25, 0.3) is 15.5 Å². The maximum absolute atomic E-state index is 9.49. The summed E-state index contributed by atoms with van der Waals surface area (Å²) in [5, 5.41) is 23.2. The van der Waals surface area contributed by atoms with Crippen LogP contribution in [0.2, 0.25) is 0 Å². The summed E-state index contributed by atoms with van der Waals surface area (Å²) in [6.45, 7) is 0. The lowest BCUT2D eigenvalue weighted by Gasteiger charge is -1.96. The SMILES string of the molecule is Oc1cccc(-c2nn3c(C4CC4)nnc3s2)c1. The molecule has 1 fully saturated rings. The Labute approximate surface area is 107 Å². The standard InChI is InChI=1S/C12H10N4OS/c17-9-3-1-2-8(6-9)11-15-16-10(7-4-5-7)13-14-12(16)18-11/h1-3,6-7,17H,4-5H2. The van der Waals surface area contributed by atoms with E-state index >= 15 is 0 Å². The molecule has 1 N–H and O–H groups in total. The first-order valence-corrected chi connectivity index (χ1v) is 6.64. The number of rotatable bonds is 2. The van der Waals surface area contributed by atoms with Crippen LogP contribution in [0.4, 0.5) is 0 Å². The highest BCUT2D eigenvalue weighted by atomic mass is 32.1. The van der Waals surface area contributed by atoms with Crippen LogP contribution in [0.15, 0.2) is 24.3 Å². The quantitative estimate of drug-likeness (QED) is 0.766. The molecular formula is C12H10N4OS. The fourth-order valence-corrected chi connectivity index (χ4v) is 2.83. The zero-order chi connectivity index (χ0) is 12.1. The molecule has 5 nitrogen and oxygen atoms in total. The lowest BCUT2D eigenvalue weighted by atomic mass is 10.2. The second-order valence-corrected chi connectivity index (χ2v) is 5.44. The molecule has 1 aliphatic carbocycles. The van der Waals surface area contributed by atoms with Crippen LogP contribution in [0.5, 0.6) is 5.75 Å². The summed E-state index contributed by atoms with van der Waals surface area (Å²) in [5.74, 6) is 1.74.